The van der Waals surface area contributed by atoms with Gasteiger partial charge in [0.05, 0.1) is 6.54 Å². The highest BCUT2D eigenvalue weighted by atomic mass is 79.9. The van der Waals surface area contributed by atoms with Gasteiger partial charge in [0.25, 0.3) is 10.0 Å². The van der Waals surface area contributed by atoms with Crippen molar-refractivity contribution < 1.29 is 12.8 Å². The van der Waals surface area contributed by atoms with Crippen LogP contribution in [0.4, 0.5) is 0 Å². The van der Waals surface area contributed by atoms with Gasteiger partial charge in [-0.05, 0) is 36.4 Å². The molecule has 2 rings (SSSR count). The van der Waals surface area contributed by atoms with E-state index in [0.717, 1.165) is 16.6 Å². The van der Waals surface area contributed by atoms with Crippen LogP contribution in [0.25, 0.3) is 0 Å². The molecule has 1 heterocycles. The van der Waals surface area contributed by atoms with Crippen LogP contribution in [-0.2, 0) is 23.1 Å². The predicted molar refractivity (Wildman–Crippen MR) is 84.3 cm³/mol. The number of halogens is 1. The summed E-state index contributed by atoms with van der Waals surface area (Å²) in [5.41, 5.74) is 0.876. The van der Waals surface area contributed by atoms with E-state index < -0.39 is 10.0 Å². The summed E-state index contributed by atoms with van der Waals surface area (Å²) in [4.78, 5) is 0. The molecule has 7 heteroatoms. The van der Waals surface area contributed by atoms with Crippen molar-refractivity contribution in [1.82, 2.24) is 10.0 Å². The van der Waals surface area contributed by atoms with Gasteiger partial charge in [0.15, 0.2) is 0 Å². The summed E-state index contributed by atoms with van der Waals surface area (Å²) in [6.45, 7) is 3.50. The molecule has 0 aliphatic heterocycles. The van der Waals surface area contributed by atoms with Gasteiger partial charge in [-0.2, -0.15) is 0 Å². The van der Waals surface area contributed by atoms with Crippen LogP contribution in [0.3, 0.4) is 0 Å². The molecule has 2 N–H and O–H groups in total. The minimum absolute atomic E-state index is 0.0625. The fourth-order valence-electron chi connectivity index (χ4n) is 1.70. The average Bonchev–Trinajstić information content (AvgIpc) is 2.94. The zero-order valence-corrected chi connectivity index (χ0v) is 14.0. The van der Waals surface area contributed by atoms with Gasteiger partial charge in [0.1, 0.15) is 5.76 Å². The Morgan fingerprint density at radius 1 is 1.10 bits per heavy atom. The molecule has 0 bridgehead atoms. The molecule has 1 aromatic heterocycles. The van der Waals surface area contributed by atoms with Crippen molar-refractivity contribution in [2.24, 2.45) is 0 Å². The number of rotatable bonds is 7. The normalized spacial score (nSPS) is 11.7. The van der Waals surface area contributed by atoms with Crippen LogP contribution in [0.1, 0.15) is 18.2 Å². The third-order valence-electron chi connectivity index (χ3n) is 2.83. The van der Waals surface area contributed by atoms with Crippen LogP contribution in [0.15, 0.2) is 50.4 Å². The Bertz CT molecular complexity index is 680. The van der Waals surface area contributed by atoms with Crippen molar-refractivity contribution in [3.63, 3.8) is 0 Å². The van der Waals surface area contributed by atoms with E-state index in [0.29, 0.717) is 12.3 Å². The van der Waals surface area contributed by atoms with Crippen molar-refractivity contribution in [2.45, 2.75) is 25.1 Å². The van der Waals surface area contributed by atoms with Gasteiger partial charge in [-0.3, -0.25) is 0 Å². The Morgan fingerprint density at radius 2 is 1.81 bits per heavy atom. The molecular weight excluding hydrogens is 356 g/mol. The summed E-state index contributed by atoms with van der Waals surface area (Å²) in [5.74, 6) is 0.598. The van der Waals surface area contributed by atoms with E-state index >= 15 is 0 Å². The number of benzene rings is 1. The van der Waals surface area contributed by atoms with Gasteiger partial charge < -0.3 is 9.73 Å². The van der Waals surface area contributed by atoms with Crippen molar-refractivity contribution in [1.29, 1.82) is 0 Å². The highest BCUT2D eigenvalue weighted by molar-refractivity contribution is 9.10. The SMILES string of the molecule is CCNCc1ccc(S(=O)(=O)NCc2ccc(Br)cc2)o1. The molecule has 0 radical (unpaired) electrons. The van der Waals surface area contributed by atoms with Gasteiger partial charge >= 0.3 is 0 Å². The first kappa shape index (κ1) is 16.2. The molecule has 0 saturated carbocycles. The van der Waals surface area contributed by atoms with E-state index in [-0.39, 0.29) is 11.6 Å². The summed E-state index contributed by atoms with van der Waals surface area (Å²) in [7, 11) is -3.63. The van der Waals surface area contributed by atoms with Crippen molar-refractivity contribution in [2.75, 3.05) is 6.54 Å². The molecule has 0 amide bonds. The first-order chi connectivity index (χ1) is 10.0. The zero-order valence-electron chi connectivity index (χ0n) is 11.6. The van der Waals surface area contributed by atoms with E-state index in [1.54, 1.807) is 6.07 Å². The Hall–Kier alpha value is -1.15. The number of hydrogen-bond donors (Lipinski definition) is 2. The molecule has 0 unspecified atom stereocenters. The molecule has 0 spiro atoms. The molecule has 2 aromatic rings. The Balaban J connectivity index is 2.00. The number of hydrogen-bond acceptors (Lipinski definition) is 4. The highest BCUT2D eigenvalue weighted by Gasteiger charge is 2.18. The van der Waals surface area contributed by atoms with E-state index in [9.17, 15) is 8.42 Å². The van der Waals surface area contributed by atoms with Crippen LogP contribution in [0, 0.1) is 0 Å². The summed E-state index contributed by atoms with van der Waals surface area (Å²) < 4.78 is 33.1. The van der Waals surface area contributed by atoms with Crippen LogP contribution in [0.2, 0.25) is 0 Å². The van der Waals surface area contributed by atoms with E-state index in [2.05, 4.69) is 26.0 Å². The highest BCUT2D eigenvalue weighted by Crippen LogP contribution is 2.15. The molecule has 5 nitrogen and oxygen atoms in total. The molecule has 0 aliphatic rings. The second kappa shape index (κ2) is 7.22. The monoisotopic (exact) mass is 372 g/mol. The fraction of sp³-hybridized carbons (Fsp3) is 0.286. The van der Waals surface area contributed by atoms with E-state index in [1.807, 2.05) is 31.2 Å². The third-order valence-corrected chi connectivity index (χ3v) is 4.63. The molecule has 0 atom stereocenters. The van der Waals surface area contributed by atoms with Gasteiger partial charge in [0, 0.05) is 11.0 Å². The summed E-state index contributed by atoms with van der Waals surface area (Å²) in [5, 5.41) is 3.02. The van der Waals surface area contributed by atoms with Gasteiger partial charge in [0.2, 0.25) is 5.09 Å². The summed E-state index contributed by atoms with van der Waals surface area (Å²) >= 11 is 3.34. The van der Waals surface area contributed by atoms with Gasteiger partial charge in [-0.15, -0.1) is 0 Å². The largest absolute Gasteiger partial charge is 0.447 e. The molecule has 0 saturated heterocycles. The topological polar surface area (TPSA) is 71.3 Å². The predicted octanol–water partition coefficient (Wildman–Crippen LogP) is 2.63. The second-order valence-electron chi connectivity index (χ2n) is 4.45. The summed E-state index contributed by atoms with van der Waals surface area (Å²) in [6.07, 6.45) is 0. The molecular formula is C14H17BrN2O3S. The van der Waals surface area contributed by atoms with Crippen LogP contribution < -0.4 is 10.0 Å². The first-order valence-electron chi connectivity index (χ1n) is 6.55. The van der Waals surface area contributed by atoms with Crippen molar-refractivity contribution >= 4 is 26.0 Å². The minimum atomic E-state index is -3.63. The lowest BCUT2D eigenvalue weighted by Gasteiger charge is -2.05. The number of sulfonamides is 1. The van der Waals surface area contributed by atoms with Gasteiger partial charge in [-0.1, -0.05) is 35.0 Å². The molecule has 114 valence electrons. The van der Waals surface area contributed by atoms with Gasteiger partial charge in [-0.25, -0.2) is 13.1 Å². The number of furan rings is 1. The number of nitrogens with one attached hydrogen (secondary N) is 2. The lowest BCUT2D eigenvalue weighted by atomic mass is 10.2. The quantitative estimate of drug-likeness (QED) is 0.783. The fourth-order valence-corrected chi connectivity index (χ4v) is 2.92. The van der Waals surface area contributed by atoms with E-state index in [1.165, 1.54) is 6.07 Å². The van der Waals surface area contributed by atoms with Crippen molar-refractivity contribution in [3.05, 3.63) is 52.2 Å². The maximum absolute atomic E-state index is 12.1. The Kier molecular flexibility index (Phi) is 5.58. The molecule has 1 aromatic carbocycles. The molecule has 0 fully saturated rings. The smallest absolute Gasteiger partial charge is 0.274 e. The Morgan fingerprint density at radius 3 is 2.48 bits per heavy atom. The molecule has 21 heavy (non-hydrogen) atoms. The van der Waals surface area contributed by atoms with Crippen LogP contribution in [-0.4, -0.2) is 15.0 Å². The second-order valence-corrected chi connectivity index (χ2v) is 7.07. The zero-order chi connectivity index (χ0) is 15.3. The van der Waals surface area contributed by atoms with Crippen LogP contribution >= 0.6 is 15.9 Å². The van der Waals surface area contributed by atoms with Crippen molar-refractivity contribution in [3.8, 4) is 0 Å². The van der Waals surface area contributed by atoms with Crippen LogP contribution in [0.5, 0.6) is 0 Å². The minimum Gasteiger partial charge on any atom is -0.447 e. The third kappa shape index (κ3) is 4.67. The molecule has 0 aliphatic carbocycles. The Labute approximate surface area is 132 Å². The standard InChI is InChI=1S/C14H17BrN2O3S/c1-2-16-10-13-7-8-14(20-13)21(18,19)17-9-11-3-5-12(15)6-4-11/h3-8,16-17H,2,9-10H2,1H3. The maximum atomic E-state index is 12.1. The maximum Gasteiger partial charge on any atom is 0.274 e. The van der Waals surface area contributed by atoms with E-state index in [4.69, 9.17) is 4.42 Å². The summed E-state index contributed by atoms with van der Waals surface area (Å²) in [6, 6.07) is 10.6. The average molecular weight is 373 g/mol. The lowest BCUT2D eigenvalue weighted by molar-refractivity contribution is 0.401. The first-order valence-corrected chi connectivity index (χ1v) is 8.82. The lowest BCUT2D eigenvalue weighted by Crippen LogP contribution is -2.22.